The largest absolute Gasteiger partial charge is 0.316 e. The lowest BCUT2D eigenvalue weighted by molar-refractivity contribution is 0.821. The summed E-state index contributed by atoms with van der Waals surface area (Å²) in [5.74, 6) is 0. The van der Waals surface area contributed by atoms with Crippen LogP contribution in [0.15, 0.2) is 54.0 Å². The lowest BCUT2D eigenvalue weighted by Crippen LogP contribution is -2.19. The van der Waals surface area contributed by atoms with E-state index in [2.05, 4.69) is 21.0 Å². The van der Waals surface area contributed by atoms with Crippen molar-refractivity contribution >= 4 is 5.71 Å². The quantitative estimate of drug-likeness (QED) is 0.844. The third-order valence-corrected chi connectivity index (χ3v) is 3.11. The van der Waals surface area contributed by atoms with Crippen LogP contribution in [-0.4, -0.2) is 27.8 Å². The molecule has 0 spiro atoms. The van der Waals surface area contributed by atoms with Crippen LogP contribution in [-0.2, 0) is 12.8 Å². The summed E-state index contributed by atoms with van der Waals surface area (Å²) in [5, 5.41) is 17.3. The molecular formula is C19H22N6. The van der Waals surface area contributed by atoms with Crippen molar-refractivity contribution in [3.8, 4) is 12.1 Å². The zero-order valence-electron chi connectivity index (χ0n) is 14.5. The first-order valence-electron chi connectivity index (χ1n) is 7.88. The predicted molar refractivity (Wildman–Crippen MR) is 97.7 cm³/mol. The Morgan fingerprint density at radius 2 is 1.44 bits per heavy atom. The summed E-state index contributed by atoms with van der Waals surface area (Å²) in [6.45, 7) is 3.80. The molecule has 0 radical (unpaired) electrons. The fourth-order valence-electron chi connectivity index (χ4n) is 1.99. The molecule has 0 aromatic carbocycles. The smallest absolute Gasteiger partial charge is 0.140 e. The van der Waals surface area contributed by atoms with Crippen LogP contribution in [0.1, 0.15) is 25.0 Å². The zero-order valence-corrected chi connectivity index (χ0v) is 14.5. The zero-order chi connectivity index (χ0) is 18.5. The molecule has 2 atom stereocenters. The van der Waals surface area contributed by atoms with Gasteiger partial charge in [0.2, 0.25) is 0 Å². The Morgan fingerprint density at radius 3 is 1.84 bits per heavy atom. The molecule has 2 rings (SSSR count). The Bertz CT molecular complexity index is 724. The second-order valence-corrected chi connectivity index (χ2v) is 5.58. The Hall–Kier alpha value is -3.09. The van der Waals surface area contributed by atoms with Crippen LogP contribution in [0.2, 0.25) is 0 Å². The minimum Gasteiger partial charge on any atom is -0.316 e. The van der Waals surface area contributed by atoms with E-state index in [9.17, 15) is 0 Å². The van der Waals surface area contributed by atoms with E-state index < -0.39 is 6.04 Å². The number of nitrogens with two attached hydrogens (primary N) is 1. The number of pyridine rings is 2. The van der Waals surface area contributed by atoms with E-state index in [0.717, 1.165) is 16.8 Å². The van der Waals surface area contributed by atoms with Gasteiger partial charge in [0.05, 0.1) is 18.2 Å². The summed E-state index contributed by atoms with van der Waals surface area (Å²) < 4.78 is 0. The molecule has 0 aliphatic carbocycles. The molecule has 0 aliphatic rings. The molecule has 128 valence electrons. The summed E-state index contributed by atoms with van der Waals surface area (Å²) in [4.78, 5) is 12.0. The number of hydrogen-bond donors (Lipinski definition) is 1. The lowest BCUT2D eigenvalue weighted by atomic mass is 10.1. The van der Waals surface area contributed by atoms with Gasteiger partial charge in [-0.05, 0) is 49.2 Å². The molecule has 25 heavy (non-hydrogen) atoms. The first-order chi connectivity index (χ1) is 12.0. The van der Waals surface area contributed by atoms with Crippen LogP contribution in [0.5, 0.6) is 0 Å². The van der Waals surface area contributed by atoms with E-state index in [1.165, 1.54) is 0 Å². The van der Waals surface area contributed by atoms with Crippen LogP contribution in [0, 0.1) is 22.7 Å². The number of rotatable bonds is 5. The van der Waals surface area contributed by atoms with Gasteiger partial charge in [-0.15, -0.1) is 0 Å². The average Bonchev–Trinajstić information content (AvgIpc) is 2.63. The first kappa shape index (κ1) is 20.0. The van der Waals surface area contributed by atoms with Crippen molar-refractivity contribution in [2.75, 3.05) is 0 Å². The number of hydrogen-bond acceptors (Lipinski definition) is 6. The summed E-state index contributed by atoms with van der Waals surface area (Å²) in [6.07, 6.45) is 8.10. The Balaban J connectivity index is 0.000000257. The van der Waals surface area contributed by atoms with Crippen molar-refractivity contribution in [3.63, 3.8) is 0 Å². The van der Waals surface area contributed by atoms with Gasteiger partial charge >= 0.3 is 0 Å². The van der Waals surface area contributed by atoms with Crippen molar-refractivity contribution in [2.45, 2.75) is 38.8 Å². The topological polar surface area (TPSA) is 112 Å². The molecule has 2 aromatic rings. The predicted octanol–water partition coefficient (Wildman–Crippen LogP) is 2.47. The SMILES string of the molecule is CC(C)=NC(C#N)Cc1ccncc1.N#CC(N)Cc1ccncc1. The monoisotopic (exact) mass is 334 g/mol. The molecule has 0 saturated heterocycles. The van der Waals surface area contributed by atoms with Crippen LogP contribution < -0.4 is 5.73 Å². The van der Waals surface area contributed by atoms with Crippen molar-refractivity contribution in [3.05, 3.63) is 60.2 Å². The van der Waals surface area contributed by atoms with Crippen molar-refractivity contribution in [1.82, 2.24) is 9.97 Å². The Labute approximate surface area is 148 Å². The van der Waals surface area contributed by atoms with Crippen molar-refractivity contribution in [1.29, 1.82) is 10.5 Å². The van der Waals surface area contributed by atoms with E-state index in [1.807, 2.05) is 44.2 Å². The van der Waals surface area contributed by atoms with Gasteiger partial charge in [0.15, 0.2) is 0 Å². The fourth-order valence-corrected chi connectivity index (χ4v) is 1.99. The average molecular weight is 334 g/mol. The van der Waals surface area contributed by atoms with Gasteiger partial charge in [0.1, 0.15) is 6.04 Å². The molecule has 2 aromatic heterocycles. The summed E-state index contributed by atoms with van der Waals surface area (Å²) in [6, 6.07) is 11.0. The van der Waals surface area contributed by atoms with Gasteiger partial charge in [-0.2, -0.15) is 10.5 Å². The van der Waals surface area contributed by atoms with Crippen molar-refractivity contribution in [2.24, 2.45) is 10.7 Å². The van der Waals surface area contributed by atoms with Crippen LogP contribution in [0.25, 0.3) is 0 Å². The van der Waals surface area contributed by atoms with E-state index >= 15 is 0 Å². The second kappa shape index (κ2) is 11.4. The van der Waals surface area contributed by atoms with Gasteiger partial charge in [-0.1, -0.05) is 0 Å². The minimum atomic E-state index is -0.405. The Kier molecular flexibility index (Phi) is 9.14. The normalized spacial score (nSPS) is 11.7. The highest BCUT2D eigenvalue weighted by Crippen LogP contribution is 2.04. The van der Waals surface area contributed by atoms with E-state index in [0.29, 0.717) is 12.8 Å². The summed E-state index contributed by atoms with van der Waals surface area (Å²) in [5.41, 5.74) is 8.50. The molecular weight excluding hydrogens is 312 g/mol. The van der Waals surface area contributed by atoms with E-state index in [-0.39, 0.29) is 6.04 Å². The van der Waals surface area contributed by atoms with Gasteiger partial charge in [-0.25, -0.2) is 0 Å². The molecule has 2 N–H and O–H groups in total. The highest BCUT2D eigenvalue weighted by molar-refractivity contribution is 5.79. The molecule has 0 saturated carbocycles. The van der Waals surface area contributed by atoms with Gasteiger partial charge in [0, 0.05) is 43.3 Å². The molecule has 0 bridgehead atoms. The van der Waals surface area contributed by atoms with Gasteiger partial charge < -0.3 is 5.73 Å². The minimum absolute atomic E-state index is 0.276. The maximum Gasteiger partial charge on any atom is 0.140 e. The maximum atomic E-state index is 8.86. The van der Waals surface area contributed by atoms with Crippen LogP contribution in [0.4, 0.5) is 0 Å². The van der Waals surface area contributed by atoms with Gasteiger partial charge in [0.25, 0.3) is 0 Å². The number of nitriles is 2. The fraction of sp³-hybridized carbons (Fsp3) is 0.316. The van der Waals surface area contributed by atoms with Crippen LogP contribution in [0.3, 0.4) is 0 Å². The molecule has 0 amide bonds. The van der Waals surface area contributed by atoms with Crippen molar-refractivity contribution < 1.29 is 0 Å². The molecule has 6 nitrogen and oxygen atoms in total. The molecule has 2 heterocycles. The Morgan fingerprint density at radius 1 is 0.960 bits per heavy atom. The van der Waals surface area contributed by atoms with E-state index in [4.69, 9.17) is 16.3 Å². The number of nitrogens with zero attached hydrogens (tertiary/aromatic N) is 5. The molecule has 0 fully saturated rings. The molecule has 6 heteroatoms. The second-order valence-electron chi connectivity index (χ2n) is 5.58. The first-order valence-corrected chi connectivity index (χ1v) is 7.88. The maximum absolute atomic E-state index is 8.86. The number of aliphatic imine (C=N–C) groups is 1. The van der Waals surface area contributed by atoms with Gasteiger partial charge in [-0.3, -0.25) is 15.0 Å². The highest BCUT2D eigenvalue weighted by atomic mass is 14.8. The number of aromatic nitrogens is 2. The lowest BCUT2D eigenvalue weighted by Gasteiger charge is -2.03. The van der Waals surface area contributed by atoms with E-state index in [1.54, 1.807) is 24.8 Å². The summed E-state index contributed by atoms with van der Waals surface area (Å²) >= 11 is 0. The van der Waals surface area contributed by atoms with Crippen LogP contribution >= 0.6 is 0 Å². The highest BCUT2D eigenvalue weighted by Gasteiger charge is 2.05. The molecule has 0 aliphatic heterocycles. The molecule has 2 unspecified atom stereocenters. The third-order valence-electron chi connectivity index (χ3n) is 3.11. The summed E-state index contributed by atoms with van der Waals surface area (Å²) in [7, 11) is 0. The third kappa shape index (κ3) is 8.95. The standard InChI is InChI=1S/C11H13N3.C8H9N3/c1-9(2)14-11(8-12)7-10-3-5-13-6-4-10;9-6-8(10)5-7-1-3-11-4-2-7/h3-6,11H,7H2,1-2H3;1-4,8H,5,10H2.